The predicted octanol–water partition coefficient (Wildman–Crippen LogP) is 4.37. The van der Waals surface area contributed by atoms with Crippen molar-refractivity contribution in [3.63, 3.8) is 0 Å². The van der Waals surface area contributed by atoms with Gasteiger partial charge in [-0.3, -0.25) is 4.79 Å². The second kappa shape index (κ2) is 9.36. The molecule has 2 aromatic carbocycles. The van der Waals surface area contributed by atoms with Gasteiger partial charge in [-0.05, 0) is 36.5 Å². The van der Waals surface area contributed by atoms with Crippen LogP contribution < -0.4 is 5.32 Å². The zero-order valence-corrected chi connectivity index (χ0v) is 16.3. The van der Waals surface area contributed by atoms with Crippen LogP contribution in [0.25, 0.3) is 11.0 Å². The predicted molar refractivity (Wildman–Crippen MR) is 111 cm³/mol. The minimum Gasteiger partial charge on any atom is -0.356 e. The maximum Gasteiger partial charge on any atom is 0.220 e. The Morgan fingerprint density at radius 2 is 1.78 bits per heavy atom. The number of hydrogen-bond donors (Lipinski definition) is 1. The number of imidazole rings is 1. The molecule has 3 rings (SSSR count). The van der Waals surface area contributed by atoms with Gasteiger partial charge in [-0.25, -0.2) is 4.98 Å². The molecule has 1 aromatic heterocycles. The molecule has 0 aliphatic carbocycles. The third-order valence-corrected chi connectivity index (χ3v) is 4.82. The van der Waals surface area contributed by atoms with E-state index >= 15 is 0 Å². The second-order valence-corrected chi connectivity index (χ2v) is 7.44. The van der Waals surface area contributed by atoms with E-state index in [0.29, 0.717) is 18.9 Å². The van der Waals surface area contributed by atoms with Crippen LogP contribution in [-0.2, 0) is 24.2 Å². The van der Waals surface area contributed by atoms with Crippen molar-refractivity contribution < 1.29 is 4.79 Å². The summed E-state index contributed by atoms with van der Waals surface area (Å²) in [5, 5.41) is 3.05. The van der Waals surface area contributed by atoms with Gasteiger partial charge in [-0.15, -0.1) is 0 Å². The number of carbonyl (C=O) groups excluding carboxylic acids is 1. The van der Waals surface area contributed by atoms with E-state index in [1.54, 1.807) is 0 Å². The molecule has 0 saturated carbocycles. The van der Waals surface area contributed by atoms with E-state index < -0.39 is 0 Å². The van der Waals surface area contributed by atoms with Crippen LogP contribution in [0.4, 0.5) is 0 Å². The summed E-state index contributed by atoms with van der Waals surface area (Å²) in [6, 6.07) is 18.4. The number of aryl methyl sites for hydroxylation is 2. The Bertz CT molecular complexity index is 868. The summed E-state index contributed by atoms with van der Waals surface area (Å²) in [5.74, 6) is 1.81. The molecule has 0 fully saturated rings. The highest BCUT2D eigenvalue weighted by molar-refractivity contribution is 5.77. The van der Waals surface area contributed by atoms with E-state index in [4.69, 9.17) is 4.98 Å². The summed E-state index contributed by atoms with van der Waals surface area (Å²) >= 11 is 0. The Balaban J connectivity index is 1.56. The Hall–Kier alpha value is -2.62. The molecule has 0 unspecified atom stereocenters. The Labute approximate surface area is 161 Å². The summed E-state index contributed by atoms with van der Waals surface area (Å²) in [4.78, 5) is 16.9. The van der Waals surface area contributed by atoms with Gasteiger partial charge in [0.1, 0.15) is 5.82 Å². The molecule has 0 bridgehead atoms. The lowest BCUT2D eigenvalue weighted by molar-refractivity contribution is -0.121. The number of para-hydroxylation sites is 2. The van der Waals surface area contributed by atoms with Gasteiger partial charge in [0, 0.05) is 25.9 Å². The Morgan fingerprint density at radius 1 is 1.04 bits per heavy atom. The minimum atomic E-state index is 0.101. The van der Waals surface area contributed by atoms with Crippen LogP contribution in [-0.4, -0.2) is 22.0 Å². The molecule has 1 N–H and O–H groups in total. The van der Waals surface area contributed by atoms with E-state index in [2.05, 4.69) is 54.1 Å². The number of benzene rings is 2. The molecule has 0 aliphatic heterocycles. The maximum atomic E-state index is 12.1. The van der Waals surface area contributed by atoms with E-state index in [0.717, 1.165) is 37.1 Å². The summed E-state index contributed by atoms with van der Waals surface area (Å²) < 4.78 is 2.31. The van der Waals surface area contributed by atoms with Gasteiger partial charge in [0.25, 0.3) is 0 Å². The molecule has 0 spiro atoms. The molecule has 4 heteroatoms. The number of amides is 1. The third kappa shape index (κ3) is 5.43. The first-order chi connectivity index (χ1) is 13.1. The molecule has 0 radical (unpaired) electrons. The molecule has 4 nitrogen and oxygen atoms in total. The molecule has 0 aliphatic rings. The number of carbonyl (C=O) groups is 1. The number of fused-ring (bicyclic) bond motifs is 1. The van der Waals surface area contributed by atoms with Crippen LogP contribution in [0.3, 0.4) is 0 Å². The van der Waals surface area contributed by atoms with Crippen molar-refractivity contribution in [2.24, 2.45) is 5.92 Å². The van der Waals surface area contributed by atoms with Gasteiger partial charge >= 0.3 is 0 Å². The van der Waals surface area contributed by atoms with Crippen molar-refractivity contribution in [1.82, 2.24) is 14.9 Å². The number of aromatic nitrogens is 2. The molecular formula is C23H29N3O. The fourth-order valence-electron chi connectivity index (χ4n) is 3.26. The monoisotopic (exact) mass is 363 g/mol. The van der Waals surface area contributed by atoms with E-state index in [1.165, 1.54) is 11.1 Å². The summed E-state index contributed by atoms with van der Waals surface area (Å²) in [7, 11) is 0. The standard InChI is InChI=1S/C23H29N3O/c1-18(2)15-17-26-21-11-7-6-10-20(21)25-22(26)14-16-24-23(27)13-12-19-8-4-3-5-9-19/h3-11,18H,12-17H2,1-2H3,(H,24,27). The van der Waals surface area contributed by atoms with Crippen LogP contribution in [0.2, 0.25) is 0 Å². The van der Waals surface area contributed by atoms with Gasteiger partial charge in [0.15, 0.2) is 0 Å². The number of rotatable bonds is 9. The summed E-state index contributed by atoms with van der Waals surface area (Å²) in [6.07, 6.45) is 3.17. The maximum absolute atomic E-state index is 12.1. The summed E-state index contributed by atoms with van der Waals surface area (Å²) in [6.45, 7) is 6.07. The highest BCUT2D eigenvalue weighted by atomic mass is 16.1. The Kier molecular flexibility index (Phi) is 6.64. The highest BCUT2D eigenvalue weighted by Crippen LogP contribution is 2.18. The first kappa shape index (κ1) is 19.2. The first-order valence-corrected chi connectivity index (χ1v) is 9.88. The van der Waals surface area contributed by atoms with Crippen LogP contribution in [0.15, 0.2) is 54.6 Å². The van der Waals surface area contributed by atoms with Crippen molar-refractivity contribution in [3.05, 3.63) is 66.0 Å². The van der Waals surface area contributed by atoms with Gasteiger partial charge in [-0.1, -0.05) is 56.3 Å². The smallest absolute Gasteiger partial charge is 0.220 e. The van der Waals surface area contributed by atoms with Gasteiger partial charge in [0.05, 0.1) is 11.0 Å². The van der Waals surface area contributed by atoms with Gasteiger partial charge < -0.3 is 9.88 Å². The number of nitrogens with one attached hydrogen (secondary N) is 1. The van der Waals surface area contributed by atoms with Crippen molar-refractivity contribution in [3.8, 4) is 0 Å². The topological polar surface area (TPSA) is 46.9 Å². The third-order valence-electron chi connectivity index (χ3n) is 4.82. The van der Waals surface area contributed by atoms with Crippen LogP contribution in [0, 0.1) is 5.92 Å². The second-order valence-electron chi connectivity index (χ2n) is 7.44. The van der Waals surface area contributed by atoms with Gasteiger partial charge in [0.2, 0.25) is 5.91 Å². The molecule has 27 heavy (non-hydrogen) atoms. The average Bonchev–Trinajstić information content (AvgIpc) is 3.03. The van der Waals surface area contributed by atoms with Crippen LogP contribution in [0.5, 0.6) is 0 Å². The van der Waals surface area contributed by atoms with E-state index in [1.807, 2.05) is 24.3 Å². The largest absolute Gasteiger partial charge is 0.356 e. The van der Waals surface area contributed by atoms with E-state index in [9.17, 15) is 4.79 Å². The lowest BCUT2D eigenvalue weighted by Gasteiger charge is -2.11. The van der Waals surface area contributed by atoms with Gasteiger partial charge in [-0.2, -0.15) is 0 Å². The molecule has 0 saturated heterocycles. The van der Waals surface area contributed by atoms with E-state index in [-0.39, 0.29) is 5.91 Å². The number of nitrogens with zero attached hydrogens (tertiary/aromatic N) is 2. The number of hydrogen-bond acceptors (Lipinski definition) is 2. The molecule has 1 amide bonds. The normalized spacial score (nSPS) is 11.2. The molecule has 142 valence electrons. The SMILES string of the molecule is CC(C)CCn1c(CCNC(=O)CCc2ccccc2)nc2ccccc21. The van der Waals surface area contributed by atoms with Crippen LogP contribution in [0.1, 0.15) is 38.1 Å². The Morgan fingerprint density at radius 3 is 2.56 bits per heavy atom. The average molecular weight is 364 g/mol. The first-order valence-electron chi connectivity index (χ1n) is 9.88. The lowest BCUT2D eigenvalue weighted by Crippen LogP contribution is -2.26. The van der Waals surface area contributed by atoms with Crippen molar-refractivity contribution in [2.75, 3.05) is 6.54 Å². The zero-order valence-electron chi connectivity index (χ0n) is 16.3. The molecule has 3 aromatic rings. The molecule has 1 heterocycles. The molecular weight excluding hydrogens is 334 g/mol. The molecule has 0 atom stereocenters. The quantitative estimate of drug-likeness (QED) is 0.613. The van der Waals surface area contributed by atoms with Crippen molar-refractivity contribution >= 4 is 16.9 Å². The van der Waals surface area contributed by atoms with Crippen LogP contribution >= 0.6 is 0 Å². The fourth-order valence-corrected chi connectivity index (χ4v) is 3.26. The van der Waals surface area contributed by atoms with Crippen molar-refractivity contribution in [1.29, 1.82) is 0 Å². The zero-order chi connectivity index (χ0) is 19.1. The van der Waals surface area contributed by atoms with Crippen molar-refractivity contribution in [2.45, 2.75) is 46.1 Å². The summed E-state index contributed by atoms with van der Waals surface area (Å²) in [5.41, 5.74) is 3.42. The fraction of sp³-hybridized carbons (Fsp3) is 0.391. The minimum absolute atomic E-state index is 0.101. The highest BCUT2D eigenvalue weighted by Gasteiger charge is 2.11. The lowest BCUT2D eigenvalue weighted by atomic mass is 10.1.